The number of aromatic hydroxyl groups is 4. The van der Waals surface area contributed by atoms with Gasteiger partial charge in [-0.1, -0.05) is 18.2 Å². The summed E-state index contributed by atoms with van der Waals surface area (Å²) in [5, 5.41) is 40.9. The standard InChI is InChI=1S/C21H18O5.C16H12O6/c1-21(2,26-20(23)13-6-4-3-5-7-13)18-11-15-10-14-8-9-19(22)25-16(14)12-17(15)24-18;1-5-3-7(17)9-11(13(5)19)15(21)10-8(18)4-6(2)14(20)12(10)16(9)22/h3-10,12,18H,11H2,1-2H3;3-4,17-20H,1-2H3. The molecule has 4 N–H and O–H groups in total. The molecule has 1 atom stereocenters. The van der Waals surface area contributed by atoms with Crippen LogP contribution in [0.1, 0.15) is 72.7 Å². The fraction of sp³-hybridized carbons (Fsp3) is 0.189. The predicted octanol–water partition coefficient (Wildman–Crippen LogP) is 5.63. The molecule has 0 amide bonds. The van der Waals surface area contributed by atoms with Crippen LogP contribution in [-0.2, 0) is 11.2 Å². The molecule has 0 fully saturated rings. The molecule has 0 saturated carbocycles. The molecule has 0 spiro atoms. The Bertz CT molecular complexity index is 2160. The van der Waals surface area contributed by atoms with Crippen molar-refractivity contribution in [1.29, 1.82) is 0 Å². The number of hydrogen-bond acceptors (Lipinski definition) is 11. The van der Waals surface area contributed by atoms with E-state index >= 15 is 0 Å². The molecule has 1 aromatic heterocycles. The van der Waals surface area contributed by atoms with E-state index in [0.29, 0.717) is 23.3 Å². The minimum atomic E-state index is -0.825. The lowest BCUT2D eigenvalue weighted by Crippen LogP contribution is -2.43. The third-order valence-corrected chi connectivity index (χ3v) is 8.47. The van der Waals surface area contributed by atoms with E-state index in [0.717, 1.165) is 23.1 Å². The van der Waals surface area contributed by atoms with Crippen molar-refractivity contribution < 1.29 is 48.7 Å². The first-order valence-corrected chi connectivity index (χ1v) is 14.9. The second-order valence-electron chi connectivity index (χ2n) is 12.2. The van der Waals surface area contributed by atoms with Gasteiger partial charge in [0, 0.05) is 23.9 Å². The fourth-order valence-electron chi connectivity index (χ4n) is 5.86. The molecule has 0 saturated heterocycles. The molecule has 5 aromatic rings. The predicted molar refractivity (Wildman–Crippen MR) is 172 cm³/mol. The molecule has 7 rings (SSSR count). The number of carbonyl (C=O) groups excluding carboxylic acids is 3. The van der Waals surface area contributed by atoms with Gasteiger partial charge < -0.3 is 34.3 Å². The zero-order valence-electron chi connectivity index (χ0n) is 26.3. The molecule has 2 aliphatic rings. The molecule has 48 heavy (non-hydrogen) atoms. The van der Waals surface area contributed by atoms with E-state index in [1.807, 2.05) is 26.0 Å². The summed E-state index contributed by atoms with van der Waals surface area (Å²) < 4.78 is 16.9. The zero-order valence-corrected chi connectivity index (χ0v) is 26.3. The minimum absolute atomic E-state index is 0.219. The van der Waals surface area contributed by atoms with Gasteiger partial charge in [-0.25, -0.2) is 9.59 Å². The van der Waals surface area contributed by atoms with Gasteiger partial charge >= 0.3 is 11.6 Å². The summed E-state index contributed by atoms with van der Waals surface area (Å²) in [6.45, 7) is 6.61. The van der Waals surface area contributed by atoms with Crippen molar-refractivity contribution in [3.63, 3.8) is 0 Å². The van der Waals surface area contributed by atoms with Crippen molar-refractivity contribution in [2.75, 3.05) is 0 Å². The lowest BCUT2D eigenvalue weighted by molar-refractivity contribution is -0.0517. The lowest BCUT2D eigenvalue weighted by atomic mass is 9.80. The maximum atomic E-state index is 12.6. The fourth-order valence-corrected chi connectivity index (χ4v) is 5.86. The summed E-state index contributed by atoms with van der Waals surface area (Å²) in [6, 6.07) is 18.0. The summed E-state index contributed by atoms with van der Waals surface area (Å²) in [6.07, 6.45) is 0.285. The second kappa shape index (κ2) is 11.6. The smallest absolute Gasteiger partial charge is 0.338 e. The number of ether oxygens (including phenoxy) is 2. The van der Waals surface area contributed by atoms with Crippen LogP contribution in [0.25, 0.3) is 11.0 Å². The van der Waals surface area contributed by atoms with Crippen LogP contribution in [-0.4, -0.2) is 49.7 Å². The average Bonchev–Trinajstić information content (AvgIpc) is 3.47. The molecule has 0 radical (unpaired) electrons. The molecular formula is C37H30O11. The van der Waals surface area contributed by atoms with Crippen molar-refractivity contribution in [1.82, 2.24) is 0 Å². The van der Waals surface area contributed by atoms with Gasteiger partial charge in [-0.2, -0.15) is 0 Å². The van der Waals surface area contributed by atoms with Crippen LogP contribution in [0.4, 0.5) is 0 Å². The highest BCUT2D eigenvalue weighted by atomic mass is 16.6. The van der Waals surface area contributed by atoms with Crippen LogP contribution in [0, 0.1) is 13.8 Å². The monoisotopic (exact) mass is 650 g/mol. The van der Waals surface area contributed by atoms with Crippen molar-refractivity contribution in [2.45, 2.75) is 45.8 Å². The van der Waals surface area contributed by atoms with Crippen molar-refractivity contribution in [3.05, 3.63) is 122 Å². The first-order chi connectivity index (χ1) is 22.7. The molecule has 4 aromatic carbocycles. The molecule has 244 valence electrons. The number of rotatable bonds is 3. The number of aryl methyl sites for hydroxylation is 2. The zero-order chi connectivity index (χ0) is 34.7. The molecule has 1 aliphatic carbocycles. The van der Waals surface area contributed by atoms with Crippen LogP contribution in [0.15, 0.2) is 75.9 Å². The Hall–Kier alpha value is -6.10. The number of phenolic OH excluding ortho intramolecular Hbond substituents is 4. The number of benzene rings is 4. The van der Waals surface area contributed by atoms with Gasteiger partial charge in [0.2, 0.25) is 11.6 Å². The number of fused-ring (bicyclic) bond motifs is 4. The Morgan fingerprint density at radius 2 is 1.33 bits per heavy atom. The SMILES string of the molecule is CC(C)(OC(=O)c1ccccc1)C1Cc2cc3ccc(=O)oc3cc2O1.Cc1cc(O)c2c(c1O)C(=O)c1c(O)cc(C)c(O)c1C2=O. The Morgan fingerprint density at radius 1 is 0.771 bits per heavy atom. The van der Waals surface area contributed by atoms with E-state index in [4.69, 9.17) is 13.9 Å². The highest BCUT2D eigenvalue weighted by Crippen LogP contribution is 2.45. The molecule has 0 bridgehead atoms. The molecule has 1 unspecified atom stereocenters. The van der Waals surface area contributed by atoms with Gasteiger partial charge in [-0.3, -0.25) is 9.59 Å². The topological polar surface area (TPSA) is 181 Å². The highest BCUT2D eigenvalue weighted by Gasteiger charge is 2.41. The quantitative estimate of drug-likeness (QED) is 0.106. The molecule has 11 heteroatoms. The third-order valence-electron chi connectivity index (χ3n) is 8.47. The largest absolute Gasteiger partial charge is 0.507 e. The van der Waals surface area contributed by atoms with E-state index in [9.17, 15) is 39.6 Å². The van der Waals surface area contributed by atoms with Crippen molar-refractivity contribution in [3.8, 4) is 28.7 Å². The lowest BCUT2D eigenvalue weighted by Gasteiger charge is -2.30. The van der Waals surface area contributed by atoms with Crippen LogP contribution >= 0.6 is 0 Å². The number of carbonyl (C=O) groups is 3. The summed E-state index contributed by atoms with van der Waals surface area (Å²) in [7, 11) is 0. The Morgan fingerprint density at radius 3 is 1.90 bits per heavy atom. The van der Waals surface area contributed by atoms with Crippen LogP contribution < -0.4 is 10.4 Å². The normalized spacial score (nSPS) is 14.7. The van der Waals surface area contributed by atoms with Gasteiger partial charge in [-0.05, 0) is 80.8 Å². The first-order valence-electron chi connectivity index (χ1n) is 14.9. The first kappa shape index (κ1) is 31.9. The Kier molecular flexibility index (Phi) is 7.71. The highest BCUT2D eigenvalue weighted by molar-refractivity contribution is 6.32. The summed E-state index contributed by atoms with van der Waals surface area (Å²) in [5.41, 5.74) is -0.278. The number of phenols is 4. The maximum absolute atomic E-state index is 12.6. The van der Waals surface area contributed by atoms with Crippen LogP contribution in [0.2, 0.25) is 0 Å². The van der Waals surface area contributed by atoms with Crippen molar-refractivity contribution >= 4 is 28.5 Å². The van der Waals surface area contributed by atoms with Crippen LogP contribution in [0.5, 0.6) is 28.7 Å². The van der Waals surface area contributed by atoms with E-state index in [1.165, 1.54) is 19.9 Å². The van der Waals surface area contributed by atoms with E-state index in [-0.39, 0.29) is 45.5 Å². The van der Waals surface area contributed by atoms with Gasteiger partial charge in [0.15, 0.2) is 0 Å². The van der Waals surface area contributed by atoms with E-state index < -0.39 is 45.8 Å². The summed E-state index contributed by atoms with van der Waals surface area (Å²) in [4.78, 5) is 48.9. The second-order valence-corrected chi connectivity index (χ2v) is 12.2. The summed E-state index contributed by atoms with van der Waals surface area (Å²) >= 11 is 0. The molecule has 2 heterocycles. The average molecular weight is 651 g/mol. The van der Waals surface area contributed by atoms with Crippen molar-refractivity contribution in [2.24, 2.45) is 0 Å². The van der Waals surface area contributed by atoms with E-state index in [1.54, 1.807) is 36.4 Å². The molecule has 11 nitrogen and oxygen atoms in total. The summed E-state index contributed by atoms with van der Waals surface area (Å²) in [5.74, 6) is -3.17. The number of hydrogen-bond donors (Lipinski definition) is 4. The van der Waals surface area contributed by atoms with Gasteiger partial charge in [0.05, 0.1) is 27.8 Å². The van der Waals surface area contributed by atoms with E-state index in [2.05, 4.69) is 0 Å². The molecular weight excluding hydrogens is 620 g/mol. The van der Waals surface area contributed by atoms with Gasteiger partial charge in [0.1, 0.15) is 46.0 Å². The number of ketones is 2. The Labute approximate surface area is 273 Å². The van der Waals surface area contributed by atoms with Gasteiger partial charge in [0.25, 0.3) is 0 Å². The third kappa shape index (κ3) is 5.38. The number of esters is 1. The Balaban J connectivity index is 0.000000170. The van der Waals surface area contributed by atoms with Gasteiger partial charge in [-0.15, -0.1) is 0 Å². The van der Waals surface area contributed by atoms with Crippen LogP contribution in [0.3, 0.4) is 0 Å². The molecule has 1 aliphatic heterocycles. The minimum Gasteiger partial charge on any atom is -0.507 e. The maximum Gasteiger partial charge on any atom is 0.338 e.